The van der Waals surface area contributed by atoms with Crippen molar-refractivity contribution in [1.82, 2.24) is 4.57 Å². The van der Waals surface area contributed by atoms with Gasteiger partial charge in [0.2, 0.25) is 0 Å². The molecule has 0 amide bonds. The van der Waals surface area contributed by atoms with Gasteiger partial charge >= 0.3 is 0 Å². The summed E-state index contributed by atoms with van der Waals surface area (Å²) in [6.45, 7) is 1.67. The highest BCUT2D eigenvalue weighted by Gasteiger charge is 2.28. The molecule has 0 bridgehead atoms. The van der Waals surface area contributed by atoms with Gasteiger partial charge in [0.1, 0.15) is 17.4 Å². The Balaban J connectivity index is 1.51. The molecule has 1 saturated carbocycles. The summed E-state index contributed by atoms with van der Waals surface area (Å²) in [5.74, 6) is 1.98. The molecule has 3 aromatic rings. The van der Waals surface area contributed by atoms with Gasteiger partial charge in [0.15, 0.2) is 0 Å². The minimum Gasteiger partial charge on any atom is -0.497 e. The summed E-state index contributed by atoms with van der Waals surface area (Å²) in [6, 6.07) is 17.0. The van der Waals surface area contributed by atoms with Crippen LogP contribution in [-0.4, -0.2) is 24.8 Å². The number of aryl methyl sites for hydroxylation is 1. The maximum Gasteiger partial charge on any atom is 0.270 e. The van der Waals surface area contributed by atoms with Crippen LogP contribution in [0.2, 0.25) is 0 Å². The third kappa shape index (κ3) is 3.46. The molecule has 2 heterocycles. The lowest BCUT2D eigenvalue weighted by molar-refractivity contribution is 0.414. The fraction of sp³-hybridized carbons (Fsp3) is 0.385. The van der Waals surface area contributed by atoms with Crippen LogP contribution >= 0.6 is 0 Å². The Hall–Kier alpha value is -3.26. The number of nitrogens with zero attached hydrogens (tertiary/aromatic N) is 3. The second kappa shape index (κ2) is 7.77. The summed E-state index contributed by atoms with van der Waals surface area (Å²) >= 11 is 0. The molecule has 1 saturated heterocycles. The van der Waals surface area contributed by atoms with E-state index in [-0.39, 0.29) is 11.1 Å². The molecule has 0 atom stereocenters. The van der Waals surface area contributed by atoms with E-state index in [0.29, 0.717) is 11.8 Å². The van der Waals surface area contributed by atoms with E-state index in [0.717, 1.165) is 48.3 Å². The molecule has 1 aromatic heterocycles. The van der Waals surface area contributed by atoms with Crippen LogP contribution in [0.4, 0.5) is 5.69 Å². The normalized spacial score (nSPS) is 17.0. The minimum atomic E-state index is -0.207. The molecule has 5 heteroatoms. The number of rotatable bonds is 4. The smallest absolute Gasteiger partial charge is 0.270 e. The molecule has 0 radical (unpaired) electrons. The lowest BCUT2D eigenvalue weighted by Crippen LogP contribution is -2.35. The van der Waals surface area contributed by atoms with Crippen LogP contribution in [-0.2, 0) is 7.05 Å². The standard InChI is InChI=1S/C26H27N3O2/c1-28-24-10-7-20(18-3-4-18)15-22(24)25(23(16-27)26(28)30)29-13-11-19(12-14-29)17-5-8-21(31-2)9-6-17/h5-10,15,18-19H,3-4,11-14H2,1-2H3. The van der Waals surface area contributed by atoms with E-state index in [9.17, 15) is 10.1 Å². The summed E-state index contributed by atoms with van der Waals surface area (Å²) in [6.07, 6.45) is 4.45. The van der Waals surface area contributed by atoms with Crippen molar-refractivity contribution in [3.05, 3.63) is 69.5 Å². The maximum absolute atomic E-state index is 13.0. The molecule has 5 rings (SSSR count). The number of hydrogen-bond acceptors (Lipinski definition) is 4. The maximum atomic E-state index is 13.0. The van der Waals surface area contributed by atoms with E-state index < -0.39 is 0 Å². The molecule has 2 aromatic carbocycles. The van der Waals surface area contributed by atoms with Gasteiger partial charge in [-0.15, -0.1) is 0 Å². The zero-order chi connectivity index (χ0) is 21.5. The number of piperidine rings is 1. The minimum absolute atomic E-state index is 0.207. The van der Waals surface area contributed by atoms with E-state index in [1.807, 2.05) is 12.1 Å². The Kier molecular flexibility index (Phi) is 4.94. The molecular formula is C26H27N3O2. The number of methoxy groups -OCH3 is 1. The van der Waals surface area contributed by atoms with Crippen molar-refractivity contribution in [2.45, 2.75) is 37.5 Å². The third-order valence-electron chi connectivity index (χ3n) is 6.95. The third-order valence-corrected chi connectivity index (χ3v) is 6.95. The summed E-state index contributed by atoms with van der Waals surface area (Å²) in [7, 11) is 3.45. The van der Waals surface area contributed by atoms with Crippen LogP contribution in [0, 0.1) is 11.3 Å². The summed E-state index contributed by atoms with van der Waals surface area (Å²) in [5.41, 5.74) is 4.44. The Bertz CT molecular complexity index is 1220. The van der Waals surface area contributed by atoms with Gasteiger partial charge in [0.25, 0.3) is 5.56 Å². The number of ether oxygens (including phenoxy) is 1. The monoisotopic (exact) mass is 413 g/mol. The van der Waals surface area contributed by atoms with Crippen LogP contribution < -0.4 is 15.2 Å². The molecule has 31 heavy (non-hydrogen) atoms. The second-order valence-corrected chi connectivity index (χ2v) is 8.78. The Morgan fingerprint density at radius 3 is 2.23 bits per heavy atom. The molecule has 1 aliphatic carbocycles. The number of anilines is 1. The number of nitriles is 1. The van der Waals surface area contributed by atoms with Gasteiger partial charge in [-0.2, -0.15) is 5.26 Å². The first-order chi connectivity index (χ1) is 15.1. The van der Waals surface area contributed by atoms with Gasteiger partial charge in [-0.1, -0.05) is 18.2 Å². The van der Waals surface area contributed by atoms with Crippen molar-refractivity contribution < 1.29 is 4.74 Å². The average molecular weight is 414 g/mol. The predicted octanol–water partition coefficient (Wildman–Crippen LogP) is 4.68. The molecule has 158 valence electrons. The van der Waals surface area contributed by atoms with Crippen LogP contribution in [0.25, 0.3) is 10.9 Å². The summed E-state index contributed by atoms with van der Waals surface area (Å²) in [4.78, 5) is 15.2. The Labute approximate surface area is 182 Å². The van der Waals surface area contributed by atoms with Crippen molar-refractivity contribution in [2.75, 3.05) is 25.1 Å². The van der Waals surface area contributed by atoms with Gasteiger partial charge < -0.3 is 14.2 Å². The number of hydrogen-bond donors (Lipinski definition) is 0. The first-order valence-corrected chi connectivity index (χ1v) is 11.1. The van der Waals surface area contributed by atoms with Crippen molar-refractivity contribution in [2.24, 2.45) is 7.05 Å². The number of fused-ring (bicyclic) bond motifs is 1. The summed E-state index contributed by atoms with van der Waals surface area (Å²) < 4.78 is 6.90. The van der Waals surface area contributed by atoms with Crippen LogP contribution in [0.1, 0.15) is 54.2 Å². The van der Waals surface area contributed by atoms with Crippen molar-refractivity contribution in [3.8, 4) is 11.8 Å². The predicted molar refractivity (Wildman–Crippen MR) is 123 cm³/mol. The van der Waals surface area contributed by atoms with Crippen molar-refractivity contribution in [3.63, 3.8) is 0 Å². The van der Waals surface area contributed by atoms with Crippen molar-refractivity contribution in [1.29, 1.82) is 5.26 Å². The highest BCUT2D eigenvalue weighted by atomic mass is 16.5. The second-order valence-electron chi connectivity index (χ2n) is 8.78. The highest BCUT2D eigenvalue weighted by molar-refractivity contribution is 5.95. The molecular weight excluding hydrogens is 386 g/mol. The average Bonchev–Trinajstić information content (AvgIpc) is 3.67. The van der Waals surface area contributed by atoms with E-state index in [4.69, 9.17) is 4.74 Å². The molecule has 5 nitrogen and oxygen atoms in total. The first-order valence-electron chi connectivity index (χ1n) is 11.1. The van der Waals surface area contributed by atoms with E-state index >= 15 is 0 Å². The Morgan fingerprint density at radius 2 is 1.61 bits per heavy atom. The van der Waals surface area contributed by atoms with Crippen LogP contribution in [0.3, 0.4) is 0 Å². The fourth-order valence-corrected chi connectivity index (χ4v) is 4.96. The highest BCUT2D eigenvalue weighted by Crippen LogP contribution is 2.42. The van der Waals surface area contributed by atoms with E-state index in [2.05, 4.69) is 41.3 Å². The van der Waals surface area contributed by atoms with Crippen LogP contribution in [0.15, 0.2) is 47.3 Å². The zero-order valence-corrected chi connectivity index (χ0v) is 18.1. The van der Waals surface area contributed by atoms with Gasteiger partial charge in [0.05, 0.1) is 18.3 Å². The van der Waals surface area contributed by atoms with E-state index in [1.54, 1.807) is 18.7 Å². The first kappa shape index (κ1) is 19.7. The van der Waals surface area contributed by atoms with E-state index in [1.165, 1.54) is 24.0 Å². The fourth-order valence-electron chi connectivity index (χ4n) is 4.96. The quantitative estimate of drug-likeness (QED) is 0.623. The molecule has 0 N–H and O–H groups in total. The lowest BCUT2D eigenvalue weighted by atomic mass is 9.88. The van der Waals surface area contributed by atoms with Crippen LogP contribution in [0.5, 0.6) is 5.75 Å². The lowest BCUT2D eigenvalue weighted by Gasteiger charge is -2.35. The SMILES string of the molecule is COc1ccc(C2CCN(c3c(C#N)c(=O)n(C)c4ccc(C5CC5)cc34)CC2)cc1. The Morgan fingerprint density at radius 1 is 0.968 bits per heavy atom. The number of aromatic nitrogens is 1. The number of pyridine rings is 1. The number of benzene rings is 2. The topological polar surface area (TPSA) is 58.3 Å². The largest absolute Gasteiger partial charge is 0.497 e. The van der Waals surface area contributed by atoms with Crippen molar-refractivity contribution >= 4 is 16.6 Å². The molecule has 0 spiro atoms. The molecule has 1 aliphatic heterocycles. The van der Waals surface area contributed by atoms with Gasteiger partial charge in [-0.3, -0.25) is 4.79 Å². The van der Waals surface area contributed by atoms with Gasteiger partial charge in [-0.25, -0.2) is 0 Å². The van der Waals surface area contributed by atoms with Gasteiger partial charge in [0, 0.05) is 25.5 Å². The van der Waals surface area contributed by atoms with Gasteiger partial charge in [-0.05, 0) is 72.9 Å². The zero-order valence-electron chi connectivity index (χ0n) is 18.1. The molecule has 2 fully saturated rings. The molecule has 0 unspecified atom stereocenters. The summed E-state index contributed by atoms with van der Waals surface area (Å²) in [5, 5.41) is 10.9. The molecule has 2 aliphatic rings.